The van der Waals surface area contributed by atoms with Crippen molar-refractivity contribution in [2.45, 2.75) is 13.3 Å². The summed E-state index contributed by atoms with van der Waals surface area (Å²) in [4.78, 5) is 0. The molecule has 0 aliphatic rings. The molecule has 0 spiro atoms. The van der Waals surface area contributed by atoms with Crippen LogP contribution in [0, 0.1) is 5.82 Å². The number of halogens is 1. The van der Waals surface area contributed by atoms with Crippen LogP contribution in [-0.2, 0) is 6.42 Å². The number of aryl methyl sites for hydroxylation is 1. The van der Waals surface area contributed by atoms with Gasteiger partial charge in [0.15, 0.2) is 0 Å². The molecule has 0 atom stereocenters. The van der Waals surface area contributed by atoms with Crippen LogP contribution >= 0.6 is 0 Å². The zero-order chi connectivity index (χ0) is 6.69. The molecule has 10 heavy (non-hydrogen) atoms. The van der Waals surface area contributed by atoms with Crippen molar-refractivity contribution in [2.75, 3.05) is 0 Å². The lowest BCUT2D eigenvalue weighted by Gasteiger charge is -1.92. The largest absolute Gasteiger partial charge is 0.207 e. The Kier molecular flexibility index (Phi) is 3.78. The van der Waals surface area contributed by atoms with Gasteiger partial charge < -0.3 is 0 Å². The standard InChI is InChI=1S/C8H9F.B/c1-2-7-4-3-5-8(9)6-7;/h3-6H,2H2,1H3;. The van der Waals surface area contributed by atoms with Gasteiger partial charge in [-0.25, -0.2) is 4.39 Å². The molecule has 1 aromatic rings. The van der Waals surface area contributed by atoms with Crippen LogP contribution in [0.1, 0.15) is 12.5 Å². The molecule has 0 aromatic heterocycles. The second-order valence-electron chi connectivity index (χ2n) is 1.98. The zero-order valence-electron chi connectivity index (χ0n) is 5.97. The highest BCUT2D eigenvalue weighted by molar-refractivity contribution is 5.75. The molecule has 0 amide bonds. The predicted molar refractivity (Wildman–Crippen MR) is 41.5 cm³/mol. The molecule has 0 heterocycles. The van der Waals surface area contributed by atoms with Gasteiger partial charge in [0.05, 0.1) is 0 Å². The molecule has 1 rings (SSSR count). The Bertz CT molecular complexity index is 198. The summed E-state index contributed by atoms with van der Waals surface area (Å²) in [6.45, 7) is 2.01. The molecule has 0 fully saturated rings. The van der Waals surface area contributed by atoms with Gasteiger partial charge in [-0.2, -0.15) is 0 Å². The van der Waals surface area contributed by atoms with E-state index in [1.54, 1.807) is 12.1 Å². The van der Waals surface area contributed by atoms with E-state index in [0.717, 1.165) is 12.0 Å². The van der Waals surface area contributed by atoms with Gasteiger partial charge >= 0.3 is 0 Å². The Morgan fingerprint density at radius 2 is 2.10 bits per heavy atom. The molecule has 0 bridgehead atoms. The van der Waals surface area contributed by atoms with Crippen LogP contribution < -0.4 is 0 Å². The summed E-state index contributed by atoms with van der Waals surface area (Å²) in [6.07, 6.45) is 0.901. The zero-order valence-corrected chi connectivity index (χ0v) is 5.97. The smallest absolute Gasteiger partial charge is 0.123 e. The molecule has 1 aromatic carbocycles. The lowest BCUT2D eigenvalue weighted by atomic mass is 10.2. The third kappa shape index (κ3) is 2.22. The quantitative estimate of drug-likeness (QED) is 0.516. The fraction of sp³-hybridized carbons (Fsp3) is 0.250. The Hall–Kier alpha value is -0.785. The van der Waals surface area contributed by atoms with Gasteiger partial charge in [-0.3, -0.25) is 0 Å². The van der Waals surface area contributed by atoms with Crippen molar-refractivity contribution < 1.29 is 4.39 Å². The van der Waals surface area contributed by atoms with Crippen molar-refractivity contribution >= 4 is 8.41 Å². The van der Waals surface area contributed by atoms with E-state index in [1.165, 1.54) is 6.07 Å². The topological polar surface area (TPSA) is 0 Å². The van der Waals surface area contributed by atoms with Gasteiger partial charge in [-0.05, 0) is 24.1 Å². The molecule has 51 valence electrons. The van der Waals surface area contributed by atoms with Crippen molar-refractivity contribution in [3.63, 3.8) is 0 Å². The first-order chi connectivity index (χ1) is 4.33. The van der Waals surface area contributed by atoms with E-state index >= 15 is 0 Å². The molecule has 3 radical (unpaired) electrons. The summed E-state index contributed by atoms with van der Waals surface area (Å²) in [5, 5.41) is 0. The highest BCUT2D eigenvalue weighted by atomic mass is 19.1. The van der Waals surface area contributed by atoms with E-state index in [9.17, 15) is 4.39 Å². The Morgan fingerprint density at radius 3 is 2.50 bits per heavy atom. The Morgan fingerprint density at radius 1 is 1.40 bits per heavy atom. The number of rotatable bonds is 1. The Labute approximate surface area is 62.6 Å². The van der Waals surface area contributed by atoms with E-state index in [-0.39, 0.29) is 14.2 Å². The first kappa shape index (κ1) is 9.21. The van der Waals surface area contributed by atoms with Crippen LogP contribution in [0.5, 0.6) is 0 Å². The number of benzene rings is 1. The summed E-state index contributed by atoms with van der Waals surface area (Å²) in [6, 6.07) is 6.66. The third-order valence-electron chi connectivity index (χ3n) is 1.30. The highest BCUT2D eigenvalue weighted by Gasteiger charge is 1.88. The third-order valence-corrected chi connectivity index (χ3v) is 1.30. The number of hydrogen-bond donors (Lipinski definition) is 0. The van der Waals surface area contributed by atoms with Crippen LogP contribution in [0.3, 0.4) is 0 Å². The summed E-state index contributed by atoms with van der Waals surface area (Å²) in [5.74, 6) is -0.144. The van der Waals surface area contributed by atoms with Gasteiger partial charge in [0.1, 0.15) is 5.82 Å². The molecule has 2 heteroatoms. The molecule has 0 N–H and O–H groups in total. The molecule has 0 aliphatic heterocycles. The van der Waals surface area contributed by atoms with Gasteiger partial charge in [0.2, 0.25) is 0 Å². The van der Waals surface area contributed by atoms with Gasteiger partial charge in [-0.15, -0.1) is 0 Å². The van der Waals surface area contributed by atoms with Gasteiger partial charge in [0.25, 0.3) is 0 Å². The minimum absolute atomic E-state index is 0. The second kappa shape index (κ2) is 4.10. The Balaban J connectivity index is 0.000000810. The van der Waals surface area contributed by atoms with Crippen molar-refractivity contribution in [3.8, 4) is 0 Å². The molecule has 0 saturated heterocycles. The fourth-order valence-corrected chi connectivity index (χ4v) is 0.757. The normalized spacial score (nSPS) is 8.60. The van der Waals surface area contributed by atoms with Crippen LogP contribution in [0.4, 0.5) is 4.39 Å². The maximum absolute atomic E-state index is 12.4. The minimum Gasteiger partial charge on any atom is -0.207 e. The van der Waals surface area contributed by atoms with E-state index < -0.39 is 0 Å². The van der Waals surface area contributed by atoms with E-state index in [0.29, 0.717) is 0 Å². The van der Waals surface area contributed by atoms with Crippen molar-refractivity contribution in [1.82, 2.24) is 0 Å². The van der Waals surface area contributed by atoms with E-state index in [2.05, 4.69) is 0 Å². The first-order valence-electron chi connectivity index (χ1n) is 3.07. The van der Waals surface area contributed by atoms with Crippen molar-refractivity contribution in [3.05, 3.63) is 35.6 Å². The van der Waals surface area contributed by atoms with E-state index in [1.807, 2.05) is 13.0 Å². The average Bonchev–Trinajstić information content (AvgIpc) is 1.88. The summed E-state index contributed by atoms with van der Waals surface area (Å²) in [5.41, 5.74) is 1.05. The average molecular weight is 135 g/mol. The first-order valence-corrected chi connectivity index (χ1v) is 3.07. The van der Waals surface area contributed by atoms with Crippen LogP contribution in [0.15, 0.2) is 24.3 Å². The SMILES string of the molecule is CCc1cccc(F)c1.[B]. The second-order valence-corrected chi connectivity index (χ2v) is 1.98. The molecular weight excluding hydrogens is 126 g/mol. The van der Waals surface area contributed by atoms with Crippen LogP contribution in [0.2, 0.25) is 0 Å². The number of hydrogen-bond acceptors (Lipinski definition) is 0. The lowest BCUT2D eigenvalue weighted by molar-refractivity contribution is 0.625. The summed E-state index contributed by atoms with van der Waals surface area (Å²) < 4.78 is 12.4. The fourth-order valence-electron chi connectivity index (χ4n) is 0.757. The molecule has 0 unspecified atom stereocenters. The summed E-state index contributed by atoms with van der Waals surface area (Å²) >= 11 is 0. The minimum atomic E-state index is -0.144. The van der Waals surface area contributed by atoms with Gasteiger partial charge in [-0.1, -0.05) is 19.1 Å². The lowest BCUT2D eigenvalue weighted by Crippen LogP contribution is -1.79. The molecule has 0 saturated carbocycles. The van der Waals surface area contributed by atoms with Crippen LogP contribution in [0.25, 0.3) is 0 Å². The van der Waals surface area contributed by atoms with Gasteiger partial charge in [0, 0.05) is 8.41 Å². The van der Waals surface area contributed by atoms with Crippen LogP contribution in [-0.4, -0.2) is 8.41 Å². The maximum Gasteiger partial charge on any atom is 0.123 e. The predicted octanol–water partition coefficient (Wildman–Crippen LogP) is 2.01. The van der Waals surface area contributed by atoms with Crippen molar-refractivity contribution in [2.24, 2.45) is 0 Å². The maximum atomic E-state index is 12.4. The monoisotopic (exact) mass is 135 g/mol. The van der Waals surface area contributed by atoms with E-state index in [4.69, 9.17) is 0 Å². The summed E-state index contributed by atoms with van der Waals surface area (Å²) in [7, 11) is 0. The molecule has 0 aliphatic carbocycles. The molecule has 0 nitrogen and oxygen atoms in total. The van der Waals surface area contributed by atoms with Crippen molar-refractivity contribution in [1.29, 1.82) is 0 Å². The molecular formula is C8H9BF. The highest BCUT2D eigenvalue weighted by Crippen LogP contribution is 2.02.